The molecular formula is C18H23ClN2O4. The summed E-state index contributed by atoms with van der Waals surface area (Å²) in [6.07, 6.45) is 3.31. The molecule has 2 atom stereocenters. The van der Waals surface area contributed by atoms with Gasteiger partial charge < -0.3 is 20.1 Å². The average Bonchev–Trinajstić information content (AvgIpc) is 3.12. The van der Waals surface area contributed by atoms with E-state index in [-0.39, 0.29) is 18.5 Å². The lowest BCUT2D eigenvalue weighted by Crippen LogP contribution is -2.38. The number of carbonyl (C=O) groups excluding carboxylic acids is 1. The summed E-state index contributed by atoms with van der Waals surface area (Å²) in [4.78, 5) is 25.8. The summed E-state index contributed by atoms with van der Waals surface area (Å²) in [6.45, 7) is 3.35. The number of fused-ring (bicyclic) bond motifs is 1. The Balaban J connectivity index is 1.65. The normalized spacial score (nSPS) is 24.9. The highest BCUT2D eigenvalue weighted by atomic mass is 35.5. The largest absolute Gasteiger partial charge is 0.492 e. The number of nitrogens with one attached hydrogen (secondary N) is 1. The maximum Gasteiger partial charge on any atom is 0.321 e. The Morgan fingerprint density at radius 1 is 1.48 bits per heavy atom. The van der Waals surface area contributed by atoms with E-state index in [9.17, 15) is 14.7 Å². The van der Waals surface area contributed by atoms with Gasteiger partial charge in [-0.05, 0) is 43.4 Å². The highest BCUT2D eigenvalue weighted by Gasteiger charge is 2.55. The lowest BCUT2D eigenvalue weighted by atomic mass is 9.81. The van der Waals surface area contributed by atoms with Crippen molar-refractivity contribution in [1.29, 1.82) is 0 Å². The highest BCUT2D eigenvalue weighted by Crippen LogP contribution is 2.49. The second-order valence-electron chi connectivity index (χ2n) is 6.85. The fraction of sp³-hybridized carbons (Fsp3) is 0.556. The number of hydrogen-bond acceptors (Lipinski definition) is 3. The van der Waals surface area contributed by atoms with Gasteiger partial charge in [-0.2, -0.15) is 0 Å². The molecule has 136 valence electrons. The lowest BCUT2D eigenvalue weighted by Gasteiger charge is -2.23. The standard InChI is InChI=1S/C18H23ClN2O4/c1-2-8-25-15-6-5-13(9-14(15)19)20-17(24)21-10-12-4-3-7-18(12,11-21)16(22)23/h5-6,9,12H,2-4,7-8,10-11H2,1H3,(H,20,24)(H,22,23)/t12-,18+/m0/s1. The number of hydrogen-bond donors (Lipinski definition) is 2. The van der Waals surface area contributed by atoms with E-state index in [1.807, 2.05) is 6.92 Å². The molecule has 2 amide bonds. The molecular weight excluding hydrogens is 344 g/mol. The molecule has 6 nitrogen and oxygen atoms in total. The number of urea groups is 1. The van der Waals surface area contributed by atoms with Crippen molar-refractivity contribution in [3.05, 3.63) is 23.2 Å². The minimum absolute atomic E-state index is 0.0455. The Bertz CT molecular complexity index is 681. The summed E-state index contributed by atoms with van der Waals surface area (Å²) in [5.74, 6) is -0.156. The average molecular weight is 367 g/mol. The van der Waals surface area contributed by atoms with Gasteiger partial charge >= 0.3 is 12.0 Å². The first-order chi connectivity index (χ1) is 12.0. The topological polar surface area (TPSA) is 78.9 Å². The molecule has 1 aromatic rings. The zero-order valence-electron chi connectivity index (χ0n) is 14.3. The summed E-state index contributed by atoms with van der Waals surface area (Å²) >= 11 is 6.18. The number of amides is 2. The Hall–Kier alpha value is -1.95. The third-order valence-corrected chi connectivity index (χ3v) is 5.52. The van der Waals surface area contributed by atoms with E-state index in [0.717, 1.165) is 19.3 Å². The number of carboxylic acid groups (broad SMARTS) is 1. The predicted molar refractivity (Wildman–Crippen MR) is 95.2 cm³/mol. The predicted octanol–water partition coefficient (Wildman–Crippen LogP) is 3.85. The zero-order valence-corrected chi connectivity index (χ0v) is 15.0. The van der Waals surface area contributed by atoms with Gasteiger partial charge in [0.1, 0.15) is 5.75 Å². The maximum absolute atomic E-state index is 12.5. The number of ether oxygens (including phenoxy) is 1. The molecule has 2 aliphatic rings. The molecule has 3 rings (SSSR count). The van der Waals surface area contributed by atoms with Crippen LogP contribution in [0.5, 0.6) is 5.75 Å². The second kappa shape index (κ2) is 7.12. The van der Waals surface area contributed by atoms with Crippen molar-refractivity contribution >= 4 is 29.3 Å². The Morgan fingerprint density at radius 3 is 2.92 bits per heavy atom. The molecule has 1 aromatic carbocycles. The molecule has 1 heterocycles. The third kappa shape index (κ3) is 3.40. The first-order valence-corrected chi connectivity index (χ1v) is 9.06. The lowest BCUT2D eigenvalue weighted by molar-refractivity contribution is -0.149. The van der Waals surface area contributed by atoms with Crippen LogP contribution in [0.1, 0.15) is 32.6 Å². The van der Waals surface area contributed by atoms with Crippen LogP contribution in [0.2, 0.25) is 5.02 Å². The summed E-state index contributed by atoms with van der Waals surface area (Å²) in [7, 11) is 0. The van der Waals surface area contributed by atoms with Crippen molar-refractivity contribution < 1.29 is 19.4 Å². The molecule has 25 heavy (non-hydrogen) atoms. The number of benzene rings is 1. The van der Waals surface area contributed by atoms with Crippen molar-refractivity contribution in [2.75, 3.05) is 25.0 Å². The van der Waals surface area contributed by atoms with E-state index in [2.05, 4.69) is 5.32 Å². The minimum Gasteiger partial charge on any atom is -0.492 e. The molecule has 2 fully saturated rings. The monoisotopic (exact) mass is 366 g/mol. The van der Waals surface area contributed by atoms with Crippen molar-refractivity contribution in [2.45, 2.75) is 32.6 Å². The number of anilines is 1. The van der Waals surface area contributed by atoms with Crippen LogP contribution < -0.4 is 10.1 Å². The smallest absolute Gasteiger partial charge is 0.321 e. The molecule has 1 saturated heterocycles. The summed E-state index contributed by atoms with van der Waals surface area (Å²) < 4.78 is 5.52. The van der Waals surface area contributed by atoms with Crippen LogP contribution in [0.25, 0.3) is 0 Å². The zero-order chi connectivity index (χ0) is 18.0. The number of carboxylic acids is 1. The van der Waals surface area contributed by atoms with Gasteiger partial charge in [-0.15, -0.1) is 0 Å². The van der Waals surface area contributed by atoms with Crippen LogP contribution in [0.15, 0.2) is 18.2 Å². The number of likely N-dealkylation sites (tertiary alicyclic amines) is 1. The van der Waals surface area contributed by atoms with Gasteiger partial charge in [0.15, 0.2) is 0 Å². The Labute approximate surface area is 152 Å². The molecule has 1 aliphatic heterocycles. The molecule has 0 bridgehead atoms. The second-order valence-corrected chi connectivity index (χ2v) is 7.26. The maximum atomic E-state index is 12.5. The highest BCUT2D eigenvalue weighted by molar-refractivity contribution is 6.32. The molecule has 0 radical (unpaired) electrons. The summed E-state index contributed by atoms with van der Waals surface area (Å²) in [6, 6.07) is 4.83. The van der Waals surface area contributed by atoms with Crippen LogP contribution in [0, 0.1) is 11.3 Å². The molecule has 0 unspecified atom stereocenters. The number of halogens is 1. The third-order valence-electron chi connectivity index (χ3n) is 5.23. The van der Waals surface area contributed by atoms with E-state index >= 15 is 0 Å². The van der Waals surface area contributed by atoms with E-state index < -0.39 is 11.4 Å². The van der Waals surface area contributed by atoms with Crippen LogP contribution >= 0.6 is 11.6 Å². The first-order valence-electron chi connectivity index (χ1n) is 8.68. The van der Waals surface area contributed by atoms with Gasteiger partial charge in [-0.1, -0.05) is 24.9 Å². The summed E-state index contributed by atoms with van der Waals surface area (Å²) in [5.41, 5.74) is -0.201. The van der Waals surface area contributed by atoms with Crippen molar-refractivity contribution in [3.8, 4) is 5.75 Å². The van der Waals surface area contributed by atoms with Gasteiger partial charge in [-0.25, -0.2) is 4.79 Å². The van der Waals surface area contributed by atoms with E-state index in [1.165, 1.54) is 0 Å². The van der Waals surface area contributed by atoms with Gasteiger partial charge in [-0.3, -0.25) is 4.79 Å². The van der Waals surface area contributed by atoms with Crippen LogP contribution in [-0.4, -0.2) is 41.7 Å². The van der Waals surface area contributed by atoms with Crippen molar-refractivity contribution in [2.24, 2.45) is 11.3 Å². The molecule has 7 heteroatoms. The molecule has 0 spiro atoms. The van der Waals surface area contributed by atoms with Gasteiger partial charge in [0.05, 0.1) is 17.0 Å². The quantitative estimate of drug-likeness (QED) is 0.829. The fourth-order valence-electron chi connectivity index (χ4n) is 3.90. The molecule has 1 aliphatic carbocycles. The van der Waals surface area contributed by atoms with Crippen molar-refractivity contribution in [3.63, 3.8) is 0 Å². The number of aliphatic carboxylic acids is 1. The van der Waals surface area contributed by atoms with Gasteiger partial charge in [0.25, 0.3) is 0 Å². The van der Waals surface area contributed by atoms with Crippen LogP contribution in [0.4, 0.5) is 10.5 Å². The van der Waals surface area contributed by atoms with Crippen LogP contribution in [0.3, 0.4) is 0 Å². The summed E-state index contributed by atoms with van der Waals surface area (Å²) in [5, 5.41) is 12.9. The fourth-order valence-corrected chi connectivity index (χ4v) is 4.14. The number of carbonyl (C=O) groups is 2. The Kier molecular flexibility index (Phi) is 5.08. The SMILES string of the molecule is CCCOc1ccc(NC(=O)N2C[C@@H]3CCC[C@@]3(C(=O)O)C2)cc1Cl. The van der Waals surface area contributed by atoms with E-state index in [4.69, 9.17) is 16.3 Å². The molecule has 2 N–H and O–H groups in total. The van der Waals surface area contributed by atoms with E-state index in [0.29, 0.717) is 36.0 Å². The van der Waals surface area contributed by atoms with Crippen molar-refractivity contribution in [1.82, 2.24) is 4.90 Å². The van der Waals surface area contributed by atoms with E-state index in [1.54, 1.807) is 23.1 Å². The number of nitrogens with zero attached hydrogens (tertiary/aromatic N) is 1. The molecule has 1 saturated carbocycles. The minimum atomic E-state index is -0.786. The van der Waals surface area contributed by atoms with Gasteiger partial charge in [0, 0.05) is 18.8 Å². The first kappa shape index (κ1) is 17.9. The number of rotatable bonds is 5. The Morgan fingerprint density at radius 2 is 2.28 bits per heavy atom. The molecule has 0 aromatic heterocycles. The van der Waals surface area contributed by atoms with Crippen LogP contribution in [-0.2, 0) is 4.79 Å². The van der Waals surface area contributed by atoms with Gasteiger partial charge in [0.2, 0.25) is 0 Å².